The maximum Gasteiger partial charge on any atom is 0.173 e. The van der Waals surface area contributed by atoms with Gasteiger partial charge in [0, 0.05) is 30.8 Å². The molecular weight excluding hydrogens is 396 g/mol. The highest BCUT2D eigenvalue weighted by atomic mass is 35.5. The summed E-state index contributed by atoms with van der Waals surface area (Å²) in [6, 6.07) is 13.4. The number of hydrogen-bond acceptors (Lipinski definition) is 4. The van der Waals surface area contributed by atoms with Gasteiger partial charge in [-0.3, -0.25) is 0 Å². The Morgan fingerprint density at radius 1 is 1.25 bits per heavy atom. The highest BCUT2D eigenvalue weighted by molar-refractivity contribution is 7.80. The van der Waals surface area contributed by atoms with Gasteiger partial charge in [0.15, 0.2) is 5.11 Å². The van der Waals surface area contributed by atoms with E-state index in [0.29, 0.717) is 22.4 Å². The summed E-state index contributed by atoms with van der Waals surface area (Å²) in [4.78, 5) is 2.11. The molecule has 1 heterocycles. The Kier molecular flexibility index (Phi) is 7.36. The number of nitrogens with one attached hydrogen (secondary N) is 1. The van der Waals surface area contributed by atoms with Gasteiger partial charge in [0.2, 0.25) is 0 Å². The normalized spacial score (nSPS) is 15.9. The van der Waals surface area contributed by atoms with Crippen molar-refractivity contribution in [3.8, 4) is 11.5 Å². The molecule has 1 saturated heterocycles. The van der Waals surface area contributed by atoms with Crippen LogP contribution in [0.4, 0.5) is 5.69 Å². The Balaban J connectivity index is 1.77. The molecule has 5 nitrogen and oxygen atoms in total. The number of benzene rings is 2. The quantitative estimate of drug-likeness (QED) is 0.653. The van der Waals surface area contributed by atoms with Gasteiger partial charge < -0.3 is 24.4 Å². The lowest BCUT2D eigenvalue weighted by Crippen LogP contribution is -2.39. The summed E-state index contributed by atoms with van der Waals surface area (Å²) in [6.45, 7) is 2.17. The number of thiocarbonyl (C=S) groups is 1. The molecule has 1 atom stereocenters. The second-order valence-corrected chi connectivity index (χ2v) is 7.46. The summed E-state index contributed by atoms with van der Waals surface area (Å²) in [5.41, 5.74) is 1.88. The number of methoxy groups -OCH3 is 2. The highest BCUT2D eigenvalue weighted by Crippen LogP contribution is 2.29. The van der Waals surface area contributed by atoms with Crippen molar-refractivity contribution in [1.29, 1.82) is 0 Å². The molecule has 3 rings (SSSR count). The first-order valence-corrected chi connectivity index (χ1v) is 10.0. The van der Waals surface area contributed by atoms with Gasteiger partial charge in [-0.2, -0.15) is 0 Å². The topological polar surface area (TPSA) is 43.0 Å². The lowest BCUT2D eigenvalue weighted by molar-refractivity contribution is 0.0905. The van der Waals surface area contributed by atoms with Gasteiger partial charge in [0.05, 0.1) is 26.0 Å². The van der Waals surface area contributed by atoms with E-state index in [9.17, 15) is 0 Å². The molecule has 1 unspecified atom stereocenters. The lowest BCUT2D eigenvalue weighted by atomic mass is 10.2. The van der Waals surface area contributed by atoms with E-state index < -0.39 is 0 Å². The van der Waals surface area contributed by atoms with E-state index in [4.69, 9.17) is 38.0 Å². The maximum absolute atomic E-state index is 6.16. The summed E-state index contributed by atoms with van der Waals surface area (Å²) in [5, 5.41) is 4.63. The molecular formula is C21H25ClN2O3S. The molecule has 150 valence electrons. The molecule has 1 N–H and O–H groups in total. The highest BCUT2D eigenvalue weighted by Gasteiger charge is 2.22. The Labute approximate surface area is 176 Å². The number of rotatable bonds is 7. The predicted molar refractivity (Wildman–Crippen MR) is 117 cm³/mol. The third-order valence-corrected chi connectivity index (χ3v) is 5.24. The van der Waals surface area contributed by atoms with Gasteiger partial charge in [-0.05, 0) is 54.9 Å². The van der Waals surface area contributed by atoms with Crippen LogP contribution >= 0.6 is 23.8 Å². The number of halogens is 1. The summed E-state index contributed by atoms with van der Waals surface area (Å²) < 4.78 is 16.6. The number of anilines is 1. The molecule has 1 aliphatic heterocycles. The first kappa shape index (κ1) is 20.7. The SMILES string of the molecule is COc1ccc(NC(=S)N(Cc2cccc(Cl)c2)CC2CCCO2)c(OC)c1. The number of hydrogen-bond donors (Lipinski definition) is 1. The molecule has 0 aromatic heterocycles. The van der Waals surface area contributed by atoms with Crippen molar-refractivity contribution in [3.63, 3.8) is 0 Å². The van der Waals surface area contributed by atoms with E-state index in [1.807, 2.05) is 42.5 Å². The molecule has 0 spiro atoms. The smallest absolute Gasteiger partial charge is 0.173 e. The zero-order valence-electron chi connectivity index (χ0n) is 16.1. The van der Waals surface area contributed by atoms with Crippen LogP contribution in [0.3, 0.4) is 0 Å². The van der Waals surface area contributed by atoms with Crippen LogP contribution in [0.5, 0.6) is 11.5 Å². The third kappa shape index (κ3) is 5.50. The van der Waals surface area contributed by atoms with Crippen LogP contribution < -0.4 is 14.8 Å². The minimum absolute atomic E-state index is 0.177. The molecule has 2 aromatic carbocycles. The van der Waals surface area contributed by atoms with Crippen molar-refractivity contribution in [3.05, 3.63) is 53.1 Å². The summed E-state index contributed by atoms with van der Waals surface area (Å²) >= 11 is 11.9. The predicted octanol–water partition coefficient (Wildman–Crippen LogP) is 4.74. The van der Waals surface area contributed by atoms with Gasteiger partial charge in [0.1, 0.15) is 11.5 Å². The van der Waals surface area contributed by atoms with Crippen molar-refractivity contribution in [2.45, 2.75) is 25.5 Å². The van der Waals surface area contributed by atoms with Crippen LogP contribution in [0.2, 0.25) is 5.02 Å². The van der Waals surface area contributed by atoms with Crippen molar-refractivity contribution < 1.29 is 14.2 Å². The molecule has 2 aromatic rings. The zero-order valence-corrected chi connectivity index (χ0v) is 17.7. The molecule has 1 aliphatic rings. The fourth-order valence-electron chi connectivity index (χ4n) is 3.21. The van der Waals surface area contributed by atoms with Gasteiger partial charge in [0.25, 0.3) is 0 Å². The standard InChI is InChI=1S/C21H25ClN2O3S/c1-25-17-8-9-19(20(12-17)26-2)23-21(28)24(14-18-7-4-10-27-18)13-15-5-3-6-16(22)11-15/h3,5-6,8-9,11-12,18H,4,7,10,13-14H2,1-2H3,(H,23,28). The summed E-state index contributed by atoms with van der Waals surface area (Å²) in [7, 11) is 3.25. The Morgan fingerprint density at radius 2 is 2.11 bits per heavy atom. The van der Waals surface area contributed by atoms with E-state index in [2.05, 4.69) is 10.2 Å². The van der Waals surface area contributed by atoms with Crippen molar-refractivity contribution in [1.82, 2.24) is 4.90 Å². The Morgan fingerprint density at radius 3 is 2.79 bits per heavy atom. The van der Waals surface area contributed by atoms with Gasteiger partial charge in [-0.15, -0.1) is 0 Å². The van der Waals surface area contributed by atoms with Gasteiger partial charge in [-0.25, -0.2) is 0 Å². The summed E-state index contributed by atoms with van der Waals surface area (Å²) in [6.07, 6.45) is 2.31. The van der Waals surface area contributed by atoms with Crippen LogP contribution in [0, 0.1) is 0 Å². The molecule has 28 heavy (non-hydrogen) atoms. The minimum Gasteiger partial charge on any atom is -0.497 e. The third-order valence-electron chi connectivity index (χ3n) is 4.65. The van der Waals surface area contributed by atoms with Gasteiger partial charge in [-0.1, -0.05) is 23.7 Å². The van der Waals surface area contributed by atoms with Crippen molar-refractivity contribution >= 4 is 34.6 Å². The van der Waals surface area contributed by atoms with E-state index >= 15 is 0 Å². The fourth-order valence-corrected chi connectivity index (χ4v) is 3.67. The van der Waals surface area contributed by atoms with Crippen LogP contribution in [-0.4, -0.2) is 43.5 Å². The monoisotopic (exact) mass is 420 g/mol. The molecule has 0 aliphatic carbocycles. The van der Waals surface area contributed by atoms with E-state index in [1.165, 1.54) is 0 Å². The van der Waals surface area contributed by atoms with Crippen molar-refractivity contribution in [2.75, 3.05) is 32.7 Å². The first-order valence-electron chi connectivity index (χ1n) is 9.23. The second-order valence-electron chi connectivity index (χ2n) is 6.64. The van der Waals surface area contributed by atoms with Crippen LogP contribution in [0.25, 0.3) is 0 Å². The largest absolute Gasteiger partial charge is 0.497 e. The molecule has 0 amide bonds. The molecule has 7 heteroatoms. The number of ether oxygens (including phenoxy) is 3. The second kappa shape index (κ2) is 9.96. The van der Waals surface area contributed by atoms with E-state index in [0.717, 1.165) is 43.0 Å². The average Bonchev–Trinajstić information content (AvgIpc) is 3.21. The average molecular weight is 421 g/mol. The van der Waals surface area contributed by atoms with E-state index in [-0.39, 0.29) is 6.10 Å². The maximum atomic E-state index is 6.16. The fraction of sp³-hybridized carbons (Fsp3) is 0.381. The molecule has 1 fully saturated rings. The van der Waals surface area contributed by atoms with Crippen LogP contribution in [-0.2, 0) is 11.3 Å². The number of nitrogens with zero attached hydrogens (tertiary/aromatic N) is 1. The molecule has 0 bridgehead atoms. The van der Waals surface area contributed by atoms with Gasteiger partial charge >= 0.3 is 0 Å². The lowest BCUT2D eigenvalue weighted by Gasteiger charge is -2.29. The summed E-state index contributed by atoms with van der Waals surface area (Å²) in [5.74, 6) is 1.39. The van der Waals surface area contributed by atoms with Crippen molar-refractivity contribution in [2.24, 2.45) is 0 Å². The molecule has 0 radical (unpaired) electrons. The first-order chi connectivity index (χ1) is 13.6. The van der Waals surface area contributed by atoms with Crippen LogP contribution in [0.1, 0.15) is 18.4 Å². The molecule has 0 saturated carbocycles. The van der Waals surface area contributed by atoms with Crippen LogP contribution in [0.15, 0.2) is 42.5 Å². The zero-order chi connectivity index (χ0) is 19.9. The Hall–Kier alpha value is -2.02. The minimum atomic E-state index is 0.177. The Bertz CT molecular complexity index is 812. The van der Waals surface area contributed by atoms with E-state index in [1.54, 1.807) is 14.2 Å².